The molecule has 0 heterocycles. The summed E-state index contributed by atoms with van der Waals surface area (Å²) in [5, 5.41) is 11.4. The number of carbonyl (C=O) groups excluding carboxylic acids is 1. The minimum atomic E-state index is -0.829. The number of carbonyl (C=O) groups is 2. The average molecular weight is 313 g/mol. The highest BCUT2D eigenvalue weighted by Gasteiger charge is 2.10. The van der Waals surface area contributed by atoms with Crippen molar-refractivity contribution >= 4 is 35.4 Å². The van der Waals surface area contributed by atoms with Crippen LogP contribution in [0.3, 0.4) is 0 Å². The molecule has 110 valence electrons. The molecule has 1 atom stereocenters. The predicted molar refractivity (Wildman–Crippen MR) is 84.3 cm³/mol. The van der Waals surface area contributed by atoms with Crippen molar-refractivity contribution < 1.29 is 14.7 Å². The first-order valence-corrected chi connectivity index (χ1v) is 8.39. The highest BCUT2D eigenvalue weighted by atomic mass is 32.2. The van der Waals surface area contributed by atoms with Gasteiger partial charge in [0, 0.05) is 22.4 Å². The molecule has 4 nitrogen and oxygen atoms in total. The van der Waals surface area contributed by atoms with Crippen LogP contribution in [0.1, 0.15) is 13.3 Å². The summed E-state index contributed by atoms with van der Waals surface area (Å²) in [5.41, 5.74) is 0. The number of amides is 1. The van der Waals surface area contributed by atoms with Crippen LogP contribution >= 0.6 is 23.5 Å². The van der Waals surface area contributed by atoms with Crippen LogP contribution < -0.4 is 5.32 Å². The van der Waals surface area contributed by atoms with Gasteiger partial charge in [0.2, 0.25) is 5.91 Å². The lowest BCUT2D eigenvalue weighted by Gasteiger charge is -2.09. The minimum absolute atomic E-state index is 0.0408. The minimum Gasteiger partial charge on any atom is -0.481 e. The molecular weight excluding hydrogens is 294 g/mol. The molecule has 0 bridgehead atoms. The summed E-state index contributed by atoms with van der Waals surface area (Å²) in [6.07, 6.45) is 0.0851. The topological polar surface area (TPSA) is 66.4 Å². The fourth-order valence-electron chi connectivity index (χ4n) is 1.45. The molecule has 20 heavy (non-hydrogen) atoms. The van der Waals surface area contributed by atoms with Crippen LogP contribution in [-0.4, -0.2) is 40.3 Å². The third kappa shape index (κ3) is 8.12. The summed E-state index contributed by atoms with van der Waals surface area (Å²) in [5.74, 6) is 0.265. The summed E-state index contributed by atoms with van der Waals surface area (Å²) in [6.45, 7) is 2.43. The van der Waals surface area contributed by atoms with Crippen molar-refractivity contribution in [1.29, 1.82) is 0 Å². The van der Waals surface area contributed by atoms with E-state index in [2.05, 4.69) is 5.32 Å². The molecule has 0 saturated carbocycles. The van der Waals surface area contributed by atoms with E-state index < -0.39 is 5.97 Å². The molecule has 1 rings (SSSR count). The molecule has 0 aliphatic heterocycles. The van der Waals surface area contributed by atoms with E-state index in [1.54, 1.807) is 11.8 Å². The van der Waals surface area contributed by atoms with Crippen LogP contribution in [0, 0.1) is 0 Å². The van der Waals surface area contributed by atoms with Crippen LogP contribution in [0.5, 0.6) is 0 Å². The van der Waals surface area contributed by atoms with E-state index in [-0.39, 0.29) is 17.6 Å². The quantitative estimate of drug-likeness (QED) is 0.541. The van der Waals surface area contributed by atoms with Crippen LogP contribution in [0.4, 0.5) is 0 Å². The second-order valence-electron chi connectivity index (χ2n) is 4.23. The molecule has 1 unspecified atom stereocenters. The molecule has 0 radical (unpaired) electrons. The van der Waals surface area contributed by atoms with Gasteiger partial charge in [-0.3, -0.25) is 9.59 Å². The van der Waals surface area contributed by atoms with Crippen molar-refractivity contribution in [3.05, 3.63) is 30.3 Å². The zero-order valence-corrected chi connectivity index (χ0v) is 13.0. The van der Waals surface area contributed by atoms with Gasteiger partial charge in [-0.2, -0.15) is 0 Å². The maximum absolute atomic E-state index is 11.6. The van der Waals surface area contributed by atoms with Gasteiger partial charge in [-0.1, -0.05) is 25.1 Å². The molecule has 0 saturated heterocycles. The molecule has 1 aromatic carbocycles. The Kier molecular flexibility index (Phi) is 8.22. The van der Waals surface area contributed by atoms with E-state index in [1.165, 1.54) is 16.7 Å². The maximum atomic E-state index is 11.6. The van der Waals surface area contributed by atoms with Gasteiger partial charge in [0.15, 0.2) is 0 Å². The summed E-state index contributed by atoms with van der Waals surface area (Å²) < 4.78 is 0. The number of hydrogen-bond donors (Lipinski definition) is 2. The zero-order chi connectivity index (χ0) is 14.8. The first-order chi connectivity index (χ1) is 9.58. The average Bonchev–Trinajstić information content (AvgIpc) is 2.42. The predicted octanol–water partition coefficient (Wildman–Crippen LogP) is 2.49. The zero-order valence-electron chi connectivity index (χ0n) is 11.4. The van der Waals surface area contributed by atoms with E-state index in [0.29, 0.717) is 12.3 Å². The van der Waals surface area contributed by atoms with E-state index in [0.717, 1.165) is 5.75 Å². The fraction of sp³-hybridized carbons (Fsp3) is 0.429. The molecule has 0 aromatic heterocycles. The Hall–Kier alpha value is -1.14. The Balaban J connectivity index is 2.07. The lowest BCUT2D eigenvalue weighted by atomic mass is 10.3. The SMILES string of the molecule is CC(CC(=O)O)SCC(=O)NCCSc1ccccc1. The molecule has 0 aliphatic rings. The van der Waals surface area contributed by atoms with Gasteiger partial charge in [0.25, 0.3) is 0 Å². The molecule has 0 fully saturated rings. The van der Waals surface area contributed by atoms with Crippen LogP contribution in [-0.2, 0) is 9.59 Å². The lowest BCUT2D eigenvalue weighted by Crippen LogP contribution is -2.28. The number of carboxylic acids is 1. The van der Waals surface area contributed by atoms with Crippen molar-refractivity contribution in [2.45, 2.75) is 23.5 Å². The number of carboxylic acid groups (broad SMARTS) is 1. The van der Waals surface area contributed by atoms with Gasteiger partial charge in [-0.05, 0) is 12.1 Å². The molecule has 6 heteroatoms. The summed E-state index contributed by atoms with van der Waals surface area (Å²) in [6, 6.07) is 10.0. The molecule has 0 aliphatic carbocycles. The highest BCUT2D eigenvalue weighted by Crippen LogP contribution is 2.16. The molecule has 1 aromatic rings. The Labute approximate surface area is 127 Å². The smallest absolute Gasteiger partial charge is 0.304 e. The largest absolute Gasteiger partial charge is 0.481 e. The Morgan fingerprint density at radius 1 is 1.30 bits per heavy atom. The molecular formula is C14H19NO3S2. The van der Waals surface area contributed by atoms with Gasteiger partial charge in [0.1, 0.15) is 0 Å². The highest BCUT2D eigenvalue weighted by molar-refractivity contribution is 8.00. The Morgan fingerprint density at radius 2 is 2.00 bits per heavy atom. The van der Waals surface area contributed by atoms with Gasteiger partial charge >= 0.3 is 5.97 Å². The molecule has 1 amide bonds. The fourth-order valence-corrected chi connectivity index (χ4v) is 3.04. The van der Waals surface area contributed by atoms with E-state index >= 15 is 0 Å². The summed E-state index contributed by atoms with van der Waals surface area (Å²) >= 11 is 3.06. The van der Waals surface area contributed by atoms with Crippen molar-refractivity contribution in [2.24, 2.45) is 0 Å². The second-order valence-corrected chi connectivity index (χ2v) is 6.83. The molecule has 2 N–H and O–H groups in total. The van der Waals surface area contributed by atoms with Crippen LogP contribution in [0.15, 0.2) is 35.2 Å². The van der Waals surface area contributed by atoms with Crippen molar-refractivity contribution in [3.63, 3.8) is 0 Å². The second kappa shape index (κ2) is 9.72. The first kappa shape index (κ1) is 16.9. The van der Waals surface area contributed by atoms with Gasteiger partial charge in [-0.25, -0.2) is 0 Å². The lowest BCUT2D eigenvalue weighted by molar-refractivity contribution is -0.136. The number of hydrogen-bond acceptors (Lipinski definition) is 4. The summed E-state index contributed by atoms with van der Waals surface area (Å²) in [4.78, 5) is 23.2. The maximum Gasteiger partial charge on any atom is 0.304 e. The first-order valence-electron chi connectivity index (χ1n) is 6.36. The van der Waals surface area contributed by atoms with E-state index in [9.17, 15) is 9.59 Å². The van der Waals surface area contributed by atoms with Gasteiger partial charge in [0.05, 0.1) is 12.2 Å². The standard InChI is InChI=1S/C14H19NO3S2/c1-11(9-14(17)18)20-10-13(16)15-7-8-19-12-5-3-2-4-6-12/h2-6,11H,7-10H2,1H3,(H,15,16)(H,17,18). The van der Waals surface area contributed by atoms with Gasteiger partial charge in [-0.15, -0.1) is 23.5 Å². The third-order valence-electron chi connectivity index (χ3n) is 2.40. The van der Waals surface area contributed by atoms with Gasteiger partial charge < -0.3 is 10.4 Å². The number of aliphatic carboxylic acids is 1. The van der Waals surface area contributed by atoms with Crippen molar-refractivity contribution in [1.82, 2.24) is 5.32 Å². The number of thioether (sulfide) groups is 2. The van der Waals surface area contributed by atoms with E-state index in [4.69, 9.17) is 5.11 Å². The van der Waals surface area contributed by atoms with Crippen LogP contribution in [0.2, 0.25) is 0 Å². The van der Waals surface area contributed by atoms with E-state index in [1.807, 2.05) is 37.3 Å². The Morgan fingerprint density at radius 3 is 2.65 bits per heavy atom. The summed E-state index contributed by atoms with van der Waals surface area (Å²) in [7, 11) is 0. The van der Waals surface area contributed by atoms with Crippen molar-refractivity contribution in [2.75, 3.05) is 18.1 Å². The third-order valence-corrected chi connectivity index (χ3v) is 4.58. The number of rotatable bonds is 9. The monoisotopic (exact) mass is 313 g/mol. The Bertz CT molecular complexity index is 426. The van der Waals surface area contributed by atoms with Crippen LogP contribution in [0.25, 0.3) is 0 Å². The molecule has 0 spiro atoms. The normalized spacial score (nSPS) is 11.8. The number of benzene rings is 1. The van der Waals surface area contributed by atoms with Crippen molar-refractivity contribution in [3.8, 4) is 0 Å². The number of nitrogens with one attached hydrogen (secondary N) is 1.